The van der Waals surface area contributed by atoms with Crippen LogP contribution in [0.1, 0.15) is 41.5 Å². The SMILES string of the molecule is CC(=NCC(C)(C)CN=C(C)/C(C)=N/[O-])/C(C)=N/[O-].[Cu+2].[O-][Cl+3]([O-])([O-])O. The molecule has 0 aromatic carbocycles. The molecule has 1 radical (unpaired) electrons. The molecular formula is C13H23ClCuN4O6. The zero-order valence-electron chi connectivity index (χ0n) is 14.9. The van der Waals surface area contributed by atoms with Gasteiger partial charge in [0.25, 0.3) is 0 Å². The monoisotopic (exact) mass is 429 g/mol. The molecule has 0 spiro atoms. The molecule has 149 valence electrons. The Hall–Kier alpha value is -1.07. The van der Waals surface area contributed by atoms with Gasteiger partial charge in [0, 0.05) is 29.9 Å². The first-order valence-corrected chi connectivity index (χ1v) is 7.99. The largest absolute Gasteiger partial charge is 2.00 e. The van der Waals surface area contributed by atoms with Crippen LogP contribution in [0.25, 0.3) is 0 Å². The van der Waals surface area contributed by atoms with Crippen LogP contribution >= 0.6 is 0 Å². The van der Waals surface area contributed by atoms with E-state index in [9.17, 15) is 10.4 Å². The Bertz CT molecular complexity index is 471. The van der Waals surface area contributed by atoms with E-state index in [1.807, 2.05) is 13.8 Å². The predicted octanol–water partition coefficient (Wildman–Crippen LogP) is -1.27. The Balaban J connectivity index is -0.000000704. The van der Waals surface area contributed by atoms with Crippen LogP contribution in [0.2, 0.25) is 0 Å². The van der Waals surface area contributed by atoms with E-state index in [1.54, 1.807) is 27.7 Å². The van der Waals surface area contributed by atoms with Crippen molar-refractivity contribution in [3.63, 3.8) is 0 Å². The summed E-state index contributed by atoms with van der Waals surface area (Å²) in [6, 6.07) is 0. The van der Waals surface area contributed by atoms with Crippen LogP contribution in [0, 0.1) is 26.1 Å². The smallest absolute Gasteiger partial charge is 0.792 e. The molecule has 0 unspecified atom stereocenters. The maximum Gasteiger partial charge on any atom is 2.00 e. The first-order valence-electron chi connectivity index (χ1n) is 6.73. The summed E-state index contributed by atoms with van der Waals surface area (Å²) in [4.78, 5) is 8.67. The molecule has 0 aliphatic heterocycles. The third-order valence-corrected chi connectivity index (χ3v) is 2.81. The molecule has 10 nitrogen and oxygen atoms in total. The van der Waals surface area contributed by atoms with Gasteiger partial charge in [-0.25, -0.2) is 0 Å². The average Bonchev–Trinajstić information content (AvgIpc) is 2.47. The minimum atomic E-state index is -4.69. The third-order valence-electron chi connectivity index (χ3n) is 2.81. The summed E-state index contributed by atoms with van der Waals surface area (Å²) in [6.07, 6.45) is 0. The fraction of sp³-hybridized carbons (Fsp3) is 0.692. The van der Waals surface area contributed by atoms with Crippen molar-refractivity contribution in [2.45, 2.75) is 41.5 Å². The number of nitrogens with zero attached hydrogens (tertiary/aromatic N) is 4. The van der Waals surface area contributed by atoms with Crippen molar-refractivity contribution in [3.05, 3.63) is 10.4 Å². The normalized spacial score (nSPS) is 14.5. The maximum absolute atomic E-state index is 10.4. The molecule has 0 aromatic rings. The quantitative estimate of drug-likeness (QED) is 0.311. The Kier molecular flexibility index (Phi) is 15.1. The molecule has 25 heavy (non-hydrogen) atoms. The average molecular weight is 430 g/mol. The zero-order chi connectivity index (χ0) is 19.6. The van der Waals surface area contributed by atoms with Gasteiger partial charge in [0.1, 0.15) is 0 Å². The summed E-state index contributed by atoms with van der Waals surface area (Å²) in [5.74, 6) is 0. The van der Waals surface area contributed by atoms with Gasteiger partial charge in [-0.05, 0) is 27.7 Å². The summed E-state index contributed by atoms with van der Waals surface area (Å²) in [5.41, 5.74) is 1.91. The molecule has 12 heteroatoms. The molecule has 1 N–H and O–H groups in total. The molecular weight excluding hydrogens is 407 g/mol. The molecule has 0 bridgehead atoms. The molecule has 0 aromatic heterocycles. The van der Waals surface area contributed by atoms with Crippen molar-refractivity contribution in [2.24, 2.45) is 25.7 Å². The first kappa shape index (κ1) is 28.7. The Labute approximate surface area is 159 Å². The van der Waals surface area contributed by atoms with Crippen molar-refractivity contribution < 1.29 is 45.9 Å². The summed E-state index contributed by atoms with van der Waals surface area (Å²) < 4.78 is 32.7. The van der Waals surface area contributed by atoms with Crippen molar-refractivity contribution in [1.29, 1.82) is 0 Å². The van der Waals surface area contributed by atoms with Crippen molar-refractivity contribution >= 4 is 22.8 Å². The van der Waals surface area contributed by atoms with Crippen LogP contribution in [0.5, 0.6) is 0 Å². The van der Waals surface area contributed by atoms with Gasteiger partial charge in [-0.3, -0.25) is 9.98 Å². The predicted molar refractivity (Wildman–Crippen MR) is 84.9 cm³/mol. The van der Waals surface area contributed by atoms with Crippen LogP contribution in [-0.2, 0) is 17.1 Å². The van der Waals surface area contributed by atoms with Gasteiger partial charge in [0.2, 0.25) is 0 Å². The number of hydrogen-bond acceptors (Lipinski definition) is 10. The number of hydrogen-bond donors (Lipinski definition) is 1. The molecule has 0 atom stereocenters. The second-order valence-electron chi connectivity index (χ2n) is 5.72. The van der Waals surface area contributed by atoms with E-state index in [1.165, 1.54) is 0 Å². The Morgan fingerprint density at radius 3 is 1.24 bits per heavy atom. The Morgan fingerprint density at radius 1 is 0.800 bits per heavy atom. The minimum absolute atomic E-state index is 0. The standard InChI is InChI=1S/C13H24N4O2.ClHO4.Cu/c1-9(11(3)16-18)14-7-13(5,6)8-15-10(2)12(4)17-19;2-1(3,4)5;/h18-19H,7-8H2,1-6H3;(H,2,3,4,5);/q;;+2/p-2/b14-9?,15-10?,16-11+,17-12+;;. The molecule has 0 aliphatic rings. The van der Waals surface area contributed by atoms with E-state index < -0.39 is 10.2 Å². The van der Waals surface area contributed by atoms with E-state index >= 15 is 0 Å². The van der Waals surface area contributed by atoms with Gasteiger partial charge in [0.15, 0.2) is 0 Å². The summed E-state index contributed by atoms with van der Waals surface area (Å²) in [5, 5.41) is 26.4. The van der Waals surface area contributed by atoms with Gasteiger partial charge in [-0.1, -0.05) is 13.8 Å². The summed E-state index contributed by atoms with van der Waals surface area (Å²) in [6.45, 7) is 11.9. The van der Waals surface area contributed by atoms with Crippen LogP contribution in [0.3, 0.4) is 0 Å². The number of aliphatic imine (C=N–C) groups is 2. The van der Waals surface area contributed by atoms with Crippen LogP contribution in [-0.4, -0.2) is 40.6 Å². The van der Waals surface area contributed by atoms with Crippen LogP contribution < -0.4 is 14.0 Å². The maximum atomic E-state index is 10.4. The van der Waals surface area contributed by atoms with Crippen molar-refractivity contribution in [3.8, 4) is 0 Å². The third kappa shape index (κ3) is 19.1. The topological polar surface area (TPSA) is 185 Å². The number of rotatable bonds is 6. The fourth-order valence-corrected chi connectivity index (χ4v) is 1.08. The molecule has 0 rings (SSSR count). The van der Waals surface area contributed by atoms with Gasteiger partial charge >= 0.3 is 17.1 Å². The summed E-state index contributed by atoms with van der Waals surface area (Å²) in [7, 11) is -4.69. The van der Waals surface area contributed by atoms with Gasteiger partial charge in [0.05, 0.1) is 26.3 Å². The van der Waals surface area contributed by atoms with Gasteiger partial charge < -0.3 is 20.7 Å². The van der Waals surface area contributed by atoms with Crippen molar-refractivity contribution in [2.75, 3.05) is 13.1 Å². The van der Waals surface area contributed by atoms with Crippen molar-refractivity contribution in [1.82, 2.24) is 0 Å². The second kappa shape index (κ2) is 13.2. The molecule has 0 amide bonds. The molecule has 0 aliphatic carbocycles. The molecule has 0 saturated heterocycles. The fourth-order valence-electron chi connectivity index (χ4n) is 1.08. The van der Waals surface area contributed by atoms with Crippen LogP contribution in [0.15, 0.2) is 20.3 Å². The number of halogens is 1. The second-order valence-corrected chi connectivity index (χ2v) is 6.51. The van der Waals surface area contributed by atoms with E-state index in [-0.39, 0.29) is 22.5 Å². The van der Waals surface area contributed by atoms with Gasteiger partial charge in [-0.15, -0.1) is 0 Å². The van der Waals surface area contributed by atoms with E-state index in [0.29, 0.717) is 35.9 Å². The minimum Gasteiger partial charge on any atom is -0.792 e. The van der Waals surface area contributed by atoms with E-state index in [0.717, 1.165) is 0 Å². The van der Waals surface area contributed by atoms with Crippen LogP contribution in [0.4, 0.5) is 0 Å². The zero-order valence-corrected chi connectivity index (χ0v) is 16.6. The Morgan fingerprint density at radius 2 is 1.04 bits per heavy atom. The molecule has 0 heterocycles. The molecule has 0 fully saturated rings. The first-order chi connectivity index (χ1) is 10.7. The van der Waals surface area contributed by atoms with E-state index in [4.69, 9.17) is 18.6 Å². The van der Waals surface area contributed by atoms with Gasteiger partial charge in [-0.2, -0.15) is 14.0 Å². The van der Waals surface area contributed by atoms with E-state index in [2.05, 4.69) is 20.3 Å². The summed E-state index contributed by atoms with van der Waals surface area (Å²) >= 11 is 0. The molecule has 0 saturated carbocycles.